The van der Waals surface area contributed by atoms with E-state index in [1.54, 1.807) is 11.8 Å². The Morgan fingerprint density at radius 1 is 1.58 bits per heavy atom. The van der Waals surface area contributed by atoms with Gasteiger partial charge in [-0.1, -0.05) is 19.9 Å². The zero-order valence-corrected chi connectivity index (χ0v) is 8.58. The fraction of sp³-hybridized carbons (Fsp3) is 0.667. The Morgan fingerprint density at radius 2 is 2.25 bits per heavy atom. The number of hydrogen-bond donors (Lipinski definition) is 0. The highest BCUT2D eigenvalue weighted by Gasteiger charge is 2.05. The van der Waals surface area contributed by atoms with Crippen LogP contribution in [0.4, 0.5) is 0 Å². The molecule has 2 nitrogen and oxygen atoms in total. The van der Waals surface area contributed by atoms with Gasteiger partial charge in [-0.3, -0.25) is 0 Å². The molecule has 0 aromatic heterocycles. The Balaban J connectivity index is 3.38. The van der Waals surface area contributed by atoms with Crippen LogP contribution in [0.2, 0.25) is 0 Å². The molecule has 0 amide bonds. The highest BCUT2D eigenvalue weighted by molar-refractivity contribution is 7.99. The van der Waals surface area contributed by atoms with Gasteiger partial charge in [0.2, 0.25) is 0 Å². The van der Waals surface area contributed by atoms with Crippen LogP contribution in [-0.4, -0.2) is 24.6 Å². The molecule has 0 N–H and O–H groups in total. The van der Waals surface area contributed by atoms with Crippen molar-refractivity contribution in [3.8, 4) is 0 Å². The first-order chi connectivity index (χ1) is 5.72. The summed E-state index contributed by atoms with van der Waals surface area (Å²) in [6.07, 6.45) is 2.39. The van der Waals surface area contributed by atoms with Crippen LogP contribution in [-0.2, 0) is 9.53 Å². The van der Waals surface area contributed by atoms with Crippen molar-refractivity contribution in [1.29, 1.82) is 0 Å². The smallest absolute Gasteiger partial charge is 0.333 e. The molecule has 0 aliphatic heterocycles. The number of carbonyl (C=O) groups excluding carboxylic acids is 1. The number of carbonyl (C=O) groups is 1. The normalized spacial score (nSPS) is 9.50. The maximum atomic E-state index is 10.8. The van der Waals surface area contributed by atoms with Crippen LogP contribution in [0.15, 0.2) is 12.2 Å². The highest BCUT2D eigenvalue weighted by atomic mass is 32.2. The van der Waals surface area contributed by atoms with Gasteiger partial charge < -0.3 is 4.74 Å². The molecular formula is C9H16O2S. The van der Waals surface area contributed by atoms with Gasteiger partial charge in [-0.25, -0.2) is 4.79 Å². The Kier molecular flexibility index (Phi) is 6.96. The maximum absolute atomic E-state index is 10.8. The van der Waals surface area contributed by atoms with Crippen LogP contribution in [0.5, 0.6) is 0 Å². The maximum Gasteiger partial charge on any atom is 0.333 e. The van der Waals surface area contributed by atoms with Gasteiger partial charge in [0.25, 0.3) is 0 Å². The quantitative estimate of drug-likeness (QED) is 0.363. The fourth-order valence-electron chi connectivity index (χ4n) is 0.645. The number of esters is 1. The van der Waals surface area contributed by atoms with E-state index in [0.29, 0.717) is 11.3 Å². The molecule has 0 aromatic carbocycles. The Hall–Kier alpha value is -0.440. The van der Waals surface area contributed by atoms with Gasteiger partial charge in [-0.2, -0.15) is 11.8 Å². The molecule has 70 valence electrons. The molecule has 0 aromatic rings. The van der Waals surface area contributed by atoms with E-state index < -0.39 is 0 Å². The van der Waals surface area contributed by atoms with Crippen molar-refractivity contribution in [2.75, 3.05) is 18.6 Å². The second-order valence-electron chi connectivity index (χ2n) is 2.50. The number of thioether (sulfide) groups is 1. The zero-order chi connectivity index (χ0) is 9.40. The predicted octanol–water partition coefficient (Wildman–Crippen LogP) is 2.25. The molecule has 0 saturated carbocycles. The van der Waals surface area contributed by atoms with E-state index in [-0.39, 0.29) is 5.97 Å². The van der Waals surface area contributed by atoms with Crippen molar-refractivity contribution in [3.05, 3.63) is 12.2 Å². The van der Waals surface area contributed by atoms with Crippen molar-refractivity contribution >= 4 is 17.7 Å². The van der Waals surface area contributed by atoms with Crippen molar-refractivity contribution in [1.82, 2.24) is 0 Å². The van der Waals surface area contributed by atoms with E-state index in [1.165, 1.54) is 20.0 Å². The molecule has 0 spiro atoms. The molecule has 0 fully saturated rings. The van der Waals surface area contributed by atoms with Crippen molar-refractivity contribution in [2.45, 2.75) is 19.8 Å². The van der Waals surface area contributed by atoms with Gasteiger partial charge in [-0.15, -0.1) is 0 Å². The second-order valence-corrected chi connectivity index (χ2v) is 3.61. The number of methoxy groups -OCH3 is 1. The minimum Gasteiger partial charge on any atom is -0.466 e. The van der Waals surface area contributed by atoms with Crippen molar-refractivity contribution in [2.24, 2.45) is 0 Å². The first kappa shape index (κ1) is 11.6. The average Bonchev–Trinajstić information content (AvgIpc) is 2.10. The third kappa shape index (κ3) is 5.24. The molecule has 0 atom stereocenters. The molecule has 0 radical (unpaired) electrons. The SMILES string of the molecule is C=C(CSCCCC)C(=O)OC. The van der Waals surface area contributed by atoms with Gasteiger partial charge in [-0.05, 0) is 12.2 Å². The minimum absolute atomic E-state index is 0.293. The number of unbranched alkanes of at least 4 members (excludes halogenated alkanes) is 1. The third-order valence-electron chi connectivity index (χ3n) is 1.39. The Bertz CT molecular complexity index is 155. The molecule has 0 rings (SSSR count). The van der Waals surface area contributed by atoms with Crippen LogP contribution >= 0.6 is 11.8 Å². The summed E-state index contributed by atoms with van der Waals surface area (Å²) in [5.74, 6) is 1.48. The standard InChI is InChI=1S/C9H16O2S/c1-4-5-6-12-7-8(2)9(10)11-3/h2,4-7H2,1,3H3. The first-order valence-corrected chi connectivity index (χ1v) is 5.21. The first-order valence-electron chi connectivity index (χ1n) is 4.06. The van der Waals surface area contributed by atoms with E-state index in [1.807, 2.05) is 0 Å². The topological polar surface area (TPSA) is 26.3 Å². The summed E-state index contributed by atoms with van der Waals surface area (Å²) in [4.78, 5) is 10.8. The molecular weight excluding hydrogens is 172 g/mol. The molecule has 0 saturated heterocycles. The van der Waals surface area contributed by atoms with E-state index in [0.717, 1.165) is 5.75 Å². The summed E-state index contributed by atoms with van der Waals surface area (Å²) in [6.45, 7) is 5.78. The summed E-state index contributed by atoms with van der Waals surface area (Å²) < 4.78 is 4.52. The molecule has 0 aliphatic carbocycles. The Labute approximate surface area is 78.4 Å². The van der Waals surface area contributed by atoms with Gasteiger partial charge in [0, 0.05) is 11.3 Å². The van der Waals surface area contributed by atoms with Gasteiger partial charge in [0.15, 0.2) is 0 Å². The van der Waals surface area contributed by atoms with Crippen LogP contribution in [0.1, 0.15) is 19.8 Å². The summed E-state index contributed by atoms with van der Waals surface area (Å²) in [5.41, 5.74) is 0.554. The lowest BCUT2D eigenvalue weighted by molar-refractivity contribution is -0.135. The molecule has 0 heterocycles. The molecule has 12 heavy (non-hydrogen) atoms. The zero-order valence-electron chi connectivity index (χ0n) is 7.76. The fourth-order valence-corrected chi connectivity index (χ4v) is 1.65. The Morgan fingerprint density at radius 3 is 2.75 bits per heavy atom. The third-order valence-corrected chi connectivity index (χ3v) is 2.52. The molecule has 0 unspecified atom stereocenters. The van der Waals surface area contributed by atoms with Gasteiger partial charge in [0.1, 0.15) is 0 Å². The van der Waals surface area contributed by atoms with Crippen molar-refractivity contribution < 1.29 is 9.53 Å². The van der Waals surface area contributed by atoms with Crippen LogP contribution in [0.3, 0.4) is 0 Å². The summed E-state index contributed by atoms with van der Waals surface area (Å²) in [5, 5.41) is 0. The number of rotatable bonds is 6. The van der Waals surface area contributed by atoms with Crippen LogP contribution in [0, 0.1) is 0 Å². The molecule has 3 heteroatoms. The molecule has 0 bridgehead atoms. The monoisotopic (exact) mass is 188 g/mol. The number of hydrogen-bond acceptors (Lipinski definition) is 3. The van der Waals surface area contributed by atoms with Crippen molar-refractivity contribution in [3.63, 3.8) is 0 Å². The molecule has 0 aliphatic rings. The summed E-state index contributed by atoms with van der Waals surface area (Å²) in [7, 11) is 1.38. The summed E-state index contributed by atoms with van der Waals surface area (Å²) >= 11 is 1.73. The van der Waals surface area contributed by atoms with Crippen LogP contribution < -0.4 is 0 Å². The largest absolute Gasteiger partial charge is 0.466 e. The predicted molar refractivity (Wildman–Crippen MR) is 53.4 cm³/mol. The van der Waals surface area contributed by atoms with E-state index in [4.69, 9.17) is 0 Å². The number of ether oxygens (including phenoxy) is 1. The lowest BCUT2D eigenvalue weighted by Gasteiger charge is -2.02. The van der Waals surface area contributed by atoms with E-state index in [2.05, 4.69) is 18.2 Å². The van der Waals surface area contributed by atoms with Gasteiger partial charge >= 0.3 is 5.97 Å². The lowest BCUT2D eigenvalue weighted by Crippen LogP contribution is -2.05. The van der Waals surface area contributed by atoms with Crippen LogP contribution in [0.25, 0.3) is 0 Å². The minimum atomic E-state index is -0.293. The second kappa shape index (κ2) is 7.22. The van der Waals surface area contributed by atoms with Gasteiger partial charge in [0.05, 0.1) is 7.11 Å². The lowest BCUT2D eigenvalue weighted by atomic mass is 10.4. The van der Waals surface area contributed by atoms with E-state index in [9.17, 15) is 4.79 Å². The average molecular weight is 188 g/mol. The highest BCUT2D eigenvalue weighted by Crippen LogP contribution is 2.09. The summed E-state index contributed by atoms with van der Waals surface area (Å²) in [6, 6.07) is 0. The van der Waals surface area contributed by atoms with E-state index >= 15 is 0 Å².